The lowest BCUT2D eigenvalue weighted by Gasteiger charge is -1.87. The molecular weight excluding hydrogens is 178 g/mol. The third-order valence-corrected chi connectivity index (χ3v) is 1.63. The fourth-order valence-electron chi connectivity index (χ4n) is 1.01. The molecule has 0 aromatic carbocycles. The number of rotatable bonds is 2. The van der Waals surface area contributed by atoms with Gasteiger partial charge in [-0.3, -0.25) is 4.98 Å². The van der Waals surface area contributed by atoms with E-state index in [9.17, 15) is 0 Å². The molecule has 0 N–H and O–H groups in total. The van der Waals surface area contributed by atoms with Crippen LogP contribution >= 0.6 is 0 Å². The molecule has 0 saturated carbocycles. The van der Waals surface area contributed by atoms with Crippen molar-refractivity contribution in [1.82, 2.24) is 15.2 Å². The van der Waals surface area contributed by atoms with Gasteiger partial charge < -0.3 is 4.42 Å². The van der Waals surface area contributed by atoms with Crippen LogP contribution < -0.4 is 0 Å². The molecule has 70 valence electrons. The molecule has 0 amide bonds. The van der Waals surface area contributed by atoms with Crippen LogP contribution in [0.15, 0.2) is 28.8 Å². The van der Waals surface area contributed by atoms with Crippen molar-refractivity contribution in [2.45, 2.75) is 6.92 Å². The van der Waals surface area contributed by atoms with Gasteiger partial charge in [0.05, 0.1) is 5.69 Å². The molecule has 4 nitrogen and oxygen atoms in total. The third kappa shape index (κ3) is 2.04. The Bertz CT molecular complexity index is 434. The molecule has 0 radical (unpaired) electrons. The molecule has 2 heterocycles. The molecule has 0 aliphatic carbocycles. The number of hydrogen-bond acceptors (Lipinski definition) is 4. The number of pyridine rings is 1. The van der Waals surface area contributed by atoms with Crippen molar-refractivity contribution < 1.29 is 4.42 Å². The first-order valence-electron chi connectivity index (χ1n) is 4.24. The maximum Gasteiger partial charge on any atom is 0.240 e. The van der Waals surface area contributed by atoms with Crippen LogP contribution in [0, 0.1) is 6.92 Å². The molecule has 0 aliphatic heterocycles. The molecule has 0 fully saturated rings. The zero-order valence-electron chi connectivity index (χ0n) is 7.71. The SMILES string of the molecule is Cc1nnc(C=Cc2ccccn2)o1. The van der Waals surface area contributed by atoms with E-state index in [1.165, 1.54) is 0 Å². The highest BCUT2D eigenvalue weighted by Gasteiger charge is 1.95. The second-order valence-electron chi connectivity index (χ2n) is 2.75. The van der Waals surface area contributed by atoms with Gasteiger partial charge in [0.1, 0.15) is 0 Å². The van der Waals surface area contributed by atoms with Crippen LogP contribution in [0.2, 0.25) is 0 Å². The monoisotopic (exact) mass is 187 g/mol. The summed E-state index contributed by atoms with van der Waals surface area (Å²) in [5.41, 5.74) is 0.864. The van der Waals surface area contributed by atoms with Crippen molar-refractivity contribution in [2.75, 3.05) is 0 Å². The Balaban J connectivity index is 2.15. The van der Waals surface area contributed by atoms with Crippen LogP contribution in [-0.2, 0) is 0 Å². The summed E-state index contributed by atoms with van der Waals surface area (Å²) in [5, 5.41) is 7.54. The van der Waals surface area contributed by atoms with E-state index in [0.29, 0.717) is 11.8 Å². The summed E-state index contributed by atoms with van der Waals surface area (Å²) < 4.78 is 5.17. The van der Waals surface area contributed by atoms with E-state index in [2.05, 4.69) is 15.2 Å². The van der Waals surface area contributed by atoms with Crippen molar-refractivity contribution in [3.63, 3.8) is 0 Å². The van der Waals surface area contributed by atoms with Gasteiger partial charge in [0.2, 0.25) is 11.8 Å². The van der Waals surface area contributed by atoms with Crippen molar-refractivity contribution in [2.24, 2.45) is 0 Å². The van der Waals surface area contributed by atoms with Gasteiger partial charge in [-0.1, -0.05) is 6.07 Å². The summed E-state index contributed by atoms with van der Waals surface area (Å²) >= 11 is 0. The van der Waals surface area contributed by atoms with Crippen LogP contribution in [0.3, 0.4) is 0 Å². The number of hydrogen-bond donors (Lipinski definition) is 0. The summed E-state index contributed by atoms with van der Waals surface area (Å²) in [6.07, 6.45) is 5.30. The minimum absolute atomic E-state index is 0.494. The number of nitrogens with zero attached hydrogens (tertiary/aromatic N) is 3. The van der Waals surface area contributed by atoms with Crippen LogP contribution in [-0.4, -0.2) is 15.2 Å². The van der Waals surface area contributed by atoms with E-state index in [1.807, 2.05) is 24.3 Å². The fourth-order valence-corrected chi connectivity index (χ4v) is 1.01. The average molecular weight is 187 g/mol. The van der Waals surface area contributed by atoms with Gasteiger partial charge in [-0.15, -0.1) is 10.2 Å². The topological polar surface area (TPSA) is 51.8 Å². The Kier molecular flexibility index (Phi) is 2.36. The first-order chi connectivity index (χ1) is 6.84. The number of aryl methyl sites for hydroxylation is 1. The van der Waals surface area contributed by atoms with Crippen LogP contribution in [0.5, 0.6) is 0 Å². The maximum atomic E-state index is 5.17. The summed E-state index contributed by atoms with van der Waals surface area (Å²) in [4.78, 5) is 4.12. The molecule has 0 aliphatic rings. The highest BCUT2D eigenvalue weighted by Crippen LogP contribution is 2.04. The van der Waals surface area contributed by atoms with Crippen molar-refractivity contribution >= 4 is 12.2 Å². The van der Waals surface area contributed by atoms with Gasteiger partial charge in [0.15, 0.2) is 0 Å². The summed E-state index contributed by atoms with van der Waals surface area (Å²) in [6.45, 7) is 1.76. The molecule has 2 rings (SSSR count). The minimum Gasteiger partial charge on any atom is -0.422 e. The lowest BCUT2D eigenvalue weighted by atomic mass is 10.3. The van der Waals surface area contributed by atoms with E-state index in [-0.39, 0.29) is 0 Å². The average Bonchev–Trinajstić information content (AvgIpc) is 2.63. The van der Waals surface area contributed by atoms with E-state index >= 15 is 0 Å². The molecule has 0 saturated heterocycles. The lowest BCUT2D eigenvalue weighted by molar-refractivity contribution is 0.510. The normalized spacial score (nSPS) is 10.9. The highest BCUT2D eigenvalue weighted by molar-refractivity contribution is 5.63. The number of aromatic nitrogens is 3. The van der Waals surface area contributed by atoms with Gasteiger partial charge in [-0.05, 0) is 18.2 Å². The zero-order valence-corrected chi connectivity index (χ0v) is 7.71. The molecule has 4 heteroatoms. The zero-order chi connectivity index (χ0) is 9.80. The predicted octanol–water partition coefficient (Wildman–Crippen LogP) is 1.94. The largest absolute Gasteiger partial charge is 0.422 e. The second-order valence-corrected chi connectivity index (χ2v) is 2.75. The summed E-state index contributed by atoms with van der Waals surface area (Å²) in [5.74, 6) is 1.05. The molecule has 14 heavy (non-hydrogen) atoms. The minimum atomic E-state index is 0.494. The van der Waals surface area contributed by atoms with Crippen molar-refractivity contribution in [1.29, 1.82) is 0 Å². The molecule has 0 bridgehead atoms. The van der Waals surface area contributed by atoms with Gasteiger partial charge in [-0.25, -0.2) is 0 Å². The third-order valence-electron chi connectivity index (χ3n) is 1.63. The lowest BCUT2D eigenvalue weighted by Crippen LogP contribution is -1.76. The van der Waals surface area contributed by atoms with Gasteiger partial charge >= 0.3 is 0 Å². The molecule has 0 atom stereocenters. The Hall–Kier alpha value is -1.97. The smallest absolute Gasteiger partial charge is 0.240 e. The fraction of sp³-hybridized carbons (Fsp3) is 0.100. The summed E-state index contributed by atoms with van der Waals surface area (Å²) in [6, 6.07) is 5.69. The Morgan fingerprint density at radius 2 is 2.14 bits per heavy atom. The van der Waals surface area contributed by atoms with Crippen LogP contribution in [0.4, 0.5) is 0 Å². The summed E-state index contributed by atoms with van der Waals surface area (Å²) in [7, 11) is 0. The highest BCUT2D eigenvalue weighted by atomic mass is 16.4. The maximum absolute atomic E-state index is 5.17. The van der Waals surface area contributed by atoms with Crippen LogP contribution in [0.25, 0.3) is 12.2 Å². The first-order valence-corrected chi connectivity index (χ1v) is 4.24. The van der Waals surface area contributed by atoms with E-state index in [1.54, 1.807) is 19.2 Å². The Morgan fingerprint density at radius 1 is 1.21 bits per heavy atom. The molecular formula is C10H9N3O. The predicted molar refractivity (Wildman–Crippen MR) is 52.2 cm³/mol. The van der Waals surface area contributed by atoms with E-state index in [4.69, 9.17) is 4.42 Å². The van der Waals surface area contributed by atoms with E-state index in [0.717, 1.165) is 5.69 Å². The van der Waals surface area contributed by atoms with Crippen LogP contribution in [0.1, 0.15) is 17.5 Å². The standard InChI is InChI=1S/C10H9N3O/c1-8-12-13-10(14-8)6-5-9-4-2-3-7-11-9/h2-7H,1H3. The van der Waals surface area contributed by atoms with Gasteiger partial charge in [0, 0.05) is 19.2 Å². The second kappa shape index (κ2) is 3.83. The molecule has 2 aromatic rings. The van der Waals surface area contributed by atoms with Gasteiger partial charge in [0.25, 0.3) is 0 Å². The quantitative estimate of drug-likeness (QED) is 0.721. The Morgan fingerprint density at radius 3 is 2.79 bits per heavy atom. The van der Waals surface area contributed by atoms with Crippen molar-refractivity contribution in [3.8, 4) is 0 Å². The first kappa shape index (κ1) is 8.62. The molecule has 0 spiro atoms. The molecule has 2 aromatic heterocycles. The van der Waals surface area contributed by atoms with Gasteiger partial charge in [-0.2, -0.15) is 0 Å². The molecule has 0 unspecified atom stereocenters. The Labute approximate surface area is 81.3 Å². The van der Waals surface area contributed by atoms with E-state index < -0.39 is 0 Å². The van der Waals surface area contributed by atoms with Crippen molar-refractivity contribution in [3.05, 3.63) is 41.9 Å².